The minimum atomic E-state index is 0.816. The number of thiophene rings is 1. The van der Waals surface area contributed by atoms with E-state index in [-0.39, 0.29) is 0 Å². The van der Waals surface area contributed by atoms with E-state index in [1.165, 1.54) is 22.2 Å². The fraction of sp³-hybridized carbons (Fsp3) is 0.600. The summed E-state index contributed by atoms with van der Waals surface area (Å²) in [5, 5.41) is 5.53. The van der Waals surface area contributed by atoms with Crippen LogP contribution in [0.3, 0.4) is 0 Å². The lowest BCUT2D eigenvalue weighted by atomic mass is 10.2. The van der Waals surface area contributed by atoms with Crippen LogP contribution in [0.4, 0.5) is 0 Å². The highest BCUT2D eigenvalue weighted by Crippen LogP contribution is 2.21. The van der Waals surface area contributed by atoms with Gasteiger partial charge in [0.2, 0.25) is 0 Å². The van der Waals surface area contributed by atoms with E-state index >= 15 is 0 Å². The van der Waals surface area contributed by atoms with Gasteiger partial charge in [0.1, 0.15) is 0 Å². The summed E-state index contributed by atoms with van der Waals surface area (Å²) >= 11 is 5.30. The Morgan fingerprint density at radius 3 is 2.86 bits per heavy atom. The summed E-state index contributed by atoms with van der Waals surface area (Å²) in [6.45, 7) is 2.88. The summed E-state index contributed by atoms with van der Waals surface area (Å²) in [5.74, 6) is 0. The summed E-state index contributed by atoms with van der Waals surface area (Å²) in [7, 11) is 0. The Kier molecular flexibility index (Phi) is 6.43. The number of rotatable bonds is 7. The van der Waals surface area contributed by atoms with Gasteiger partial charge in [-0.3, -0.25) is 0 Å². The average molecular weight is 277 g/mol. The van der Waals surface area contributed by atoms with E-state index in [9.17, 15) is 0 Å². The minimum Gasteiger partial charge on any atom is -0.330 e. The number of hydrogen-bond donors (Lipinski definition) is 2. The van der Waals surface area contributed by atoms with Crippen LogP contribution < -0.4 is 11.1 Å². The number of unbranched alkanes of at least 4 members (excludes halogenated alkanes) is 2. The van der Waals surface area contributed by atoms with Crippen LogP contribution in [0.25, 0.3) is 0 Å². The molecule has 80 valence electrons. The van der Waals surface area contributed by atoms with E-state index in [4.69, 9.17) is 5.73 Å². The smallest absolute Gasteiger partial charge is 0.0327 e. The van der Waals surface area contributed by atoms with Crippen molar-refractivity contribution in [3.63, 3.8) is 0 Å². The van der Waals surface area contributed by atoms with Gasteiger partial charge in [-0.1, -0.05) is 6.42 Å². The molecule has 0 saturated carbocycles. The van der Waals surface area contributed by atoms with Gasteiger partial charge in [-0.15, -0.1) is 11.3 Å². The van der Waals surface area contributed by atoms with Crippen molar-refractivity contribution in [3.05, 3.63) is 20.8 Å². The van der Waals surface area contributed by atoms with Crippen LogP contribution in [0.2, 0.25) is 0 Å². The average Bonchev–Trinajstić information content (AvgIpc) is 2.58. The van der Waals surface area contributed by atoms with Crippen molar-refractivity contribution in [2.75, 3.05) is 13.1 Å². The van der Waals surface area contributed by atoms with E-state index in [0.717, 1.165) is 26.1 Å². The fourth-order valence-electron chi connectivity index (χ4n) is 1.22. The monoisotopic (exact) mass is 276 g/mol. The first-order valence-corrected chi connectivity index (χ1v) is 6.64. The zero-order valence-electron chi connectivity index (χ0n) is 8.26. The Hall–Kier alpha value is 0.100. The number of hydrogen-bond acceptors (Lipinski definition) is 3. The summed E-state index contributed by atoms with van der Waals surface area (Å²) in [6, 6.07) is 2.09. The van der Waals surface area contributed by atoms with Crippen LogP contribution in [-0.4, -0.2) is 13.1 Å². The SMILES string of the molecule is NCCCCCNCc1sccc1Br. The molecule has 0 spiro atoms. The molecule has 0 saturated heterocycles. The molecule has 0 aliphatic heterocycles. The third kappa shape index (κ3) is 4.55. The zero-order chi connectivity index (χ0) is 10.2. The molecule has 1 rings (SSSR count). The van der Waals surface area contributed by atoms with Gasteiger partial charge in [0, 0.05) is 15.9 Å². The third-order valence-electron chi connectivity index (χ3n) is 2.03. The molecular formula is C10H17BrN2S. The number of nitrogens with two attached hydrogens (primary N) is 1. The van der Waals surface area contributed by atoms with E-state index in [0.29, 0.717) is 0 Å². The van der Waals surface area contributed by atoms with Gasteiger partial charge < -0.3 is 11.1 Å². The Labute approximate surface area is 98.0 Å². The maximum atomic E-state index is 5.42. The highest BCUT2D eigenvalue weighted by atomic mass is 79.9. The molecule has 0 radical (unpaired) electrons. The maximum absolute atomic E-state index is 5.42. The van der Waals surface area contributed by atoms with Crippen molar-refractivity contribution < 1.29 is 0 Å². The summed E-state index contributed by atoms with van der Waals surface area (Å²) in [4.78, 5) is 1.38. The number of halogens is 1. The van der Waals surface area contributed by atoms with Crippen LogP contribution >= 0.6 is 27.3 Å². The van der Waals surface area contributed by atoms with Crippen molar-refractivity contribution in [3.8, 4) is 0 Å². The summed E-state index contributed by atoms with van der Waals surface area (Å²) < 4.78 is 1.22. The molecule has 0 aliphatic carbocycles. The lowest BCUT2D eigenvalue weighted by Crippen LogP contribution is -2.14. The van der Waals surface area contributed by atoms with Crippen LogP contribution in [0.15, 0.2) is 15.9 Å². The zero-order valence-corrected chi connectivity index (χ0v) is 10.7. The van der Waals surface area contributed by atoms with Gasteiger partial charge in [-0.25, -0.2) is 0 Å². The van der Waals surface area contributed by atoms with Gasteiger partial charge in [0.25, 0.3) is 0 Å². The molecule has 0 atom stereocenters. The van der Waals surface area contributed by atoms with Crippen LogP contribution in [0.5, 0.6) is 0 Å². The van der Waals surface area contributed by atoms with Crippen LogP contribution in [0.1, 0.15) is 24.1 Å². The molecule has 3 N–H and O–H groups in total. The quantitative estimate of drug-likeness (QED) is 0.752. The maximum Gasteiger partial charge on any atom is 0.0327 e. The van der Waals surface area contributed by atoms with Crippen molar-refractivity contribution in [2.45, 2.75) is 25.8 Å². The Morgan fingerprint density at radius 1 is 1.36 bits per heavy atom. The molecule has 2 nitrogen and oxygen atoms in total. The predicted molar refractivity (Wildman–Crippen MR) is 66.6 cm³/mol. The van der Waals surface area contributed by atoms with Gasteiger partial charge in [0.15, 0.2) is 0 Å². The molecule has 1 aromatic rings. The van der Waals surface area contributed by atoms with Crippen LogP contribution in [-0.2, 0) is 6.54 Å². The van der Waals surface area contributed by atoms with E-state index < -0.39 is 0 Å². The van der Waals surface area contributed by atoms with Crippen LogP contribution in [0, 0.1) is 0 Å². The van der Waals surface area contributed by atoms with Gasteiger partial charge in [0.05, 0.1) is 0 Å². The van der Waals surface area contributed by atoms with Gasteiger partial charge >= 0.3 is 0 Å². The molecule has 0 fully saturated rings. The molecular weight excluding hydrogens is 260 g/mol. The first-order chi connectivity index (χ1) is 6.84. The lowest BCUT2D eigenvalue weighted by Gasteiger charge is -2.03. The second-order valence-electron chi connectivity index (χ2n) is 3.22. The molecule has 1 aromatic heterocycles. The Balaban J connectivity index is 2.02. The van der Waals surface area contributed by atoms with E-state index in [2.05, 4.69) is 32.7 Å². The highest BCUT2D eigenvalue weighted by molar-refractivity contribution is 9.10. The molecule has 0 bridgehead atoms. The van der Waals surface area contributed by atoms with Crippen molar-refractivity contribution in [2.24, 2.45) is 5.73 Å². The molecule has 14 heavy (non-hydrogen) atoms. The second-order valence-corrected chi connectivity index (χ2v) is 5.07. The first kappa shape index (κ1) is 12.2. The second kappa shape index (κ2) is 7.40. The first-order valence-electron chi connectivity index (χ1n) is 4.97. The third-order valence-corrected chi connectivity index (χ3v) is 3.96. The topological polar surface area (TPSA) is 38.0 Å². The lowest BCUT2D eigenvalue weighted by molar-refractivity contribution is 0.609. The Morgan fingerprint density at radius 2 is 2.21 bits per heavy atom. The Bertz CT molecular complexity index is 250. The number of nitrogens with one attached hydrogen (secondary N) is 1. The largest absolute Gasteiger partial charge is 0.330 e. The van der Waals surface area contributed by atoms with Crippen molar-refractivity contribution in [1.29, 1.82) is 0 Å². The minimum absolute atomic E-state index is 0.816. The fourth-order valence-corrected chi connectivity index (χ4v) is 2.69. The summed E-state index contributed by atoms with van der Waals surface area (Å²) in [6.07, 6.45) is 3.60. The van der Waals surface area contributed by atoms with Gasteiger partial charge in [-0.05, 0) is 53.3 Å². The molecule has 4 heteroatoms. The van der Waals surface area contributed by atoms with Crippen molar-refractivity contribution in [1.82, 2.24) is 5.32 Å². The summed E-state index contributed by atoms with van der Waals surface area (Å²) in [5.41, 5.74) is 5.42. The van der Waals surface area contributed by atoms with E-state index in [1.54, 1.807) is 11.3 Å². The predicted octanol–water partition coefficient (Wildman–Crippen LogP) is 2.73. The van der Waals surface area contributed by atoms with Gasteiger partial charge in [-0.2, -0.15) is 0 Å². The van der Waals surface area contributed by atoms with E-state index in [1.807, 2.05) is 0 Å². The molecule has 0 aliphatic rings. The molecule has 1 heterocycles. The molecule has 0 aromatic carbocycles. The molecule has 0 amide bonds. The molecule has 0 unspecified atom stereocenters. The van der Waals surface area contributed by atoms with Crippen molar-refractivity contribution >= 4 is 27.3 Å². The highest BCUT2D eigenvalue weighted by Gasteiger charge is 1.99. The standard InChI is InChI=1S/C10H17BrN2S/c11-9-4-7-14-10(9)8-13-6-3-1-2-5-12/h4,7,13H,1-3,5-6,8,12H2. The normalized spacial score (nSPS) is 10.7.